The van der Waals surface area contributed by atoms with Crippen molar-refractivity contribution in [2.24, 2.45) is 23.7 Å². The Morgan fingerprint density at radius 1 is 1.20 bits per heavy atom. The van der Waals surface area contributed by atoms with Crippen molar-refractivity contribution in [2.75, 3.05) is 14.2 Å². The zero-order chi connectivity index (χ0) is 14.9. The van der Waals surface area contributed by atoms with Crippen LogP contribution in [0.4, 0.5) is 0 Å². The molecule has 1 fully saturated rings. The SMILES string of the molecule is COC(OC)C(C)NC(=O)[C@H]1C2C=CC(C2)[C@H]1C(=O)O. The van der Waals surface area contributed by atoms with E-state index in [1.807, 2.05) is 12.2 Å². The second-order valence-corrected chi connectivity index (χ2v) is 5.48. The van der Waals surface area contributed by atoms with Crippen LogP contribution in [-0.4, -0.2) is 43.5 Å². The molecule has 0 saturated heterocycles. The van der Waals surface area contributed by atoms with Crippen molar-refractivity contribution in [3.05, 3.63) is 12.2 Å². The lowest BCUT2D eigenvalue weighted by Crippen LogP contribution is -2.48. The summed E-state index contributed by atoms with van der Waals surface area (Å²) in [6.45, 7) is 1.77. The number of hydrogen-bond acceptors (Lipinski definition) is 4. The number of carbonyl (C=O) groups excluding carboxylic acids is 1. The van der Waals surface area contributed by atoms with E-state index in [0.717, 1.165) is 6.42 Å². The van der Waals surface area contributed by atoms with E-state index >= 15 is 0 Å². The van der Waals surface area contributed by atoms with Gasteiger partial charge in [0.1, 0.15) is 0 Å². The largest absolute Gasteiger partial charge is 0.481 e. The van der Waals surface area contributed by atoms with Gasteiger partial charge in [0.05, 0.1) is 17.9 Å². The Morgan fingerprint density at radius 3 is 2.25 bits per heavy atom. The van der Waals surface area contributed by atoms with Crippen LogP contribution in [-0.2, 0) is 19.1 Å². The molecule has 0 aromatic carbocycles. The molecule has 0 spiro atoms. The molecule has 6 heteroatoms. The fourth-order valence-corrected chi connectivity index (χ4v) is 3.41. The number of carbonyl (C=O) groups is 2. The predicted octanol–water partition coefficient (Wildman–Crippen LogP) is 0.633. The first-order valence-electron chi connectivity index (χ1n) is 6.76. The van der Waals surface area contributed by atoms with Crippen molar-refractivity contribution in [2.45, 2.75) is 25.7 Å². The van der Waals surface area contributed by atoms with Gasteiger partial charge in [-0.25, -0.2) is 0 Å². The average Bonchev–Trinajstić information content (AvgIpc) is 2.99. The number of allylic oxidation sites excluding steroid dienone is 2. The van der Waals surface area contributed by atoms with Gasteiger partial charge in [0.25, 0.3) is 0 Å². The normalized spacial score (nSPS) is 32.6. The van der Waals surface area contributed by atoms with Crippen LogP contribution in [0.15, 0.2) is 12.2 Å². The number of fused-ring (bicyclic) bond motifs is 2. The molecule has 3 unspecified atom stereocenters. The maximum atomic E-state index is 12.4. The number of aliphatic carboxylic acids is 1. The highest BCUT2D eigenvalue weighted by molar-refractivity contribution is 5.87. The highest BCUT2D eigenvalue weighted by atomic mass is 16.7. The summed E-state index contributed by atoms with van der Waals surface area (Å²) >= 11 is 0. The third-order valence-corrected chi connectivity index (χ3v) is 4.29. The molecule has 2 aliphatic rings. The highest BCUT2D eigenvalue weighted by Crippen LogP contribution is 2.48. The minimum Gasteiger partial charge on any atom is -0.481 e. The summed E-state index contributed by atoms with van der Waals surface area (Å²) in [6.07, 6.45) is 4.09. The average molecular weight is 283 g/mol. The van der Waals surface area contributed by atoms with Crippen molar-refractivity contribution in [3.8, 4) is 0 Å². The fourth-order valence-electron chi connectivity index (χ4n) is 3.41. The third kappa shape index (κ3) is 2.58. The molecule has 1 amide bonds. The molecule has 0 aromatic rings. The maximum Gasteiger partial charge on any atom is 0.307 e. The van der Waals surface area contributed by atoms with Crippen LogP contribution in [0.5, 0.6) is 0 Å². The van der Waals surface area contributed by atoms with Crippen molar-refractivity contribution in [3.63, 3.8) is 0 Å². The summed E-state index contributed by atoms with van der Waals surface area (Å²) in [4.78, 5) is 23.8. The number of rotatable bonds is 6. The Kier molecular flexibility index (Phi) is 4.45. The van der Waals surface area contributed by atoms with E-state index in [1.165, 1.54) is 14.2 Å². The van der Waals surface area contributed by atoms with Crippen LogP contribution in [0.1, 0.15) is 13.3 Å². The van der Waals surface area contributed by atoms with Crippen molar-refractivity contribution in [1.82, 2.24) is 5.32 Å². The highest BCUT2D eigenvalue weighted by Gasteiger charge is 2.51. The quantitative estimate of drug-likeness (QED) is 0.552. The molecular weight excluding hydrogens is 262 g/mol. The molecular formula is C14H21NO5. The molecule has 0 aliphatic heterocycles. The van der Waals surface area contributed by atoms with Crippen molar-refractivity contribution >= 4 is 11.9 Å². The molecule has 0 aromatic heterocycles. The fraction of sp³-hybridized carbons (Fsp3) is 0.714. The van der Waals surface area contributed by atoms with Gasteiger partial charge in [0.2, 0.25) is 5.91 Å². The molecule has 0 radical (unpaired) electrons. The molecule has 112 valence electrons. The Hall–Kier alpha value is -1.40. The molecule has 2 rings (SSSR count). The third-order valence-electron chi connectivity index (χ3n) is 4.29. The van der Waals surface area contributed by atoms with E-state index in [-0.39, 0.29) is 23.8 Å². The van der Waals surface area contributed by atoms with E-state index in [2.05, 4.69) is 5.32 Å². The maximum absolute atomic E-state index is 12.4. The van der Waals surface area contributed by atoms with Gasteiger partial charge in [-0.05, 0) is 25.2 Å². The molecule has 20 heavy (non-hydrogen) atoms. The number of ether oxygens (including phenoxy) is 2. The molecule has 2 N–H and O–H groups in total. The monoisotopic (exact) mass is 283 g/mol. The van der Waals surface area contributed by atoms with Crippen LogP contribution in [0, 0.1) is 23.7 Å². The number of methoxy groups -OCH3 is 2. The van der Waals surface area contributed by atoms with Crippen LogP contribution in [0.3, 0.4) is 0 Å². The number of hydrogen-bond donors (Lipinski definition) is 2. The summed E-state index contributed by atoms with van der Waals surface area (Å²) in [6, 6.07) is -0.338. The Bertz CT molecular complexity index is 418. The number of carboxylic acids is 1. The van der Waals surface area contributed by atoms with Crippen LogP contribution in [0.2, 0.25) is 0 Å². The summed E-state index contributed by atoms with van der Waals surface area (Å²) in [5.41, 5.74) is 0. The molecule has 1 saturated carbocycles. The molecule has 2 aliphatic carbocycles. The van der Waals surface area contributed by atoms with E-state index < -0.39 is 24.1 Å². The Morgan fingerprint density at radius 2 is 1.75 bits per heavy atom. The zero-order valence-corrected chi connectivity index (χ0v) is 11.9. The summed E-state index contributed by atoms with van der Waals surface area (Å²) in [7, 11) is 2.99. The van der Waals surface area contributed by atoms with Gasteiger partial charge < -0.3 is 19.9 Å². The van der Waals surface area contributed by atoms with Gasteiger partial charge in [0, 0.05) is 14.2 Å². The van der Waals surface area contributed by atoms with Gasteiger partial charge in [-0.2, -0.15) is 0 Å². The smallest absolute Gasteiger partial charge is 0.307 e. The van der Waals surface area contributed by atoms with Crippen LogP contribution >= 0.6 is 0 Å². The van der Waals surface area contributed by atoms with Gasteiger partial charge in [-0.1, -0.05) is 12.2 Å². The lowest BCUT2D eigenvalue weighted by molar-refractivity contribution is -0.150. The van der Waals surface area contributed by atoms with Gasteiger partial charge >= 0.3 is 5.97 Å². The summed E-state index contributed by atoms with van der Waals surface area (Å²) < 4.78 is 10.2. The standard InChI is InChI=1S/C14H21NO5/c1-7(14(19-2)20-3)15-12(16)10-8-4-5-9(6-8)11(10)13(17)18/h4-5,7-11,14H,6H2,1-3H3,(H,15,16)(H,17,18)/t7?,8?,9?,10-,11+/m0/s1. The Labute approximate surface area is 118 Å². The number of amides is 1. The van der Waals surface area contributed by atoms with Crippen molar-refractivity contribution in [1.29, 1.82) is 0 Å². The second kappa shape index (κ2) is 5.93. The van der Waals surface area contributed by atoms with Gasteiger partial charge in [-0.15, -0.1) is 0 Å². The number of nitrogens with one attached hydrogen (secondary N) is 1. The molecule has 5 atom stereocenters. The first-order chi connectivity index (χ1) is 9.49. The minimum atomic E-state index is -0.898. The molecule has 6 nitrogen and oxygen atoms in total. The minimum absolute atomic E-state index is 0.0239. The van der Waals surface area contributed by atoms with Crippen LogP contribution < -0.4 is 5.32 Å². The van der Waals surface area contributed by atoms with Crippen molar-refractivity contribution < 1.29 is 24.2 Å². The van der Waals surface area contributed by atoms with E-state index in [4.69, 9.17) is 9.47 Å². The lowest BCUT2D eigenvalue weighted by Gasteiger charge is -2.28. The van der Waals surface area contributed by atoms with E-state index in [9.17, 15) is 14.7 Å². The zero-order valence-electron chi connectivity index (χ0n) is 11.9. The first kappa shape index (κ1) is 15.0. The summed E-state index contributed by atoms with van der Waals surface area (Å²) in [5.74, 6) is -2.26. The lowest BCUT2D eigenvalue weighted by atomic mass is 9.82. The molecule has 2 bridgehead atoms. The Balaban J connectivity index is 2.05. The summed E-state index contributed by atoms with van der Waals surface area (Å²) in [5, 5.41) is 12.1. The topological polar surface area (TPSA) is 84.9 Å². The van der Waals surface area contributed by atoms with E-state index in [1.54, 1.807) is 6.92 Å². The molecule has 0 heterocycles. The van der Waals surface area contributed by atoms with Gasteiger partial charge in [0.15, 0.2) is 6.29 Å². The van der Waals surface area contributed by atoms with E-state index in [0.29, 0.717) is 0 Å². The second-order valence-electron chi connectivity index (χ2n) is 5.48. The first-order valence-corrected chi connectivity index (χ1v) is 6.76. The predicted molar refractivity (Wildman–Crippen MR) is 70.8 cm³/mol. The van der Waals surface area contributed by atoms with Gasteiger partial charge in [-0.3, -0.25) is 9.59 Å². The van der Waals surface area contributed by atoms with Crippen LogP contribution in [0.25, 0.3) is 0 Å². The number of carboxylic acid groups (broad SMARTS) is 1.